The Balaban J connectivity index is 1.61. The van der Waals surface area contributed by atoms with E-state index in [1.54, 1.807) is 24.3 Å². The van der Waals surface area contributed by atoms with E-state index in [4.69, 9.17) is 4.74 Å². The van der Waals surface area contributed by atoms with Crippen LogP contribution in [0, 0.1) is 0 Å². The molecule has 0 saturated carbocycles. The molecule has 0 radical (unpaired) electrons. The lowest BCUT2D eigenvalue weighted by Crippen LogP contribution is -2.22. The van der Waals surface area contributed by atoms with Gasteiger partial charge < -0.3 is 19.8 Å². The normalized spacial score (nSPS) is 11.1. The van der Waals surface area contributed by atoms with Gasteiger partial charge in [-0.3, -0.25) is 9.59 Å². The summed E-state index contributed by atoms with van der Waals surface area (Å²) in [6.07, 6.45) is -4.82. The summed E-state index contributed by atoms with van der Waals surface area (Å²) in [5, 5.41) is 2.82. The molecule has 0 saturated heterocycles. The van der Waals surface area contributed by atoms with Crippen molar-refractivity contribution in [2.24, 2.45) is 0 Å². The molecule has 0 unspecified atom stereocenters. The van der Waals surface area contributed by atoms with Gasteiger partial charge in [-0.1, -0.05) is 18.2 Å². The van der Waals surface area contributed by atoms with Crippen LogP contribution in [0.25, 0.3) is 10.9 Å². The van der Waals surface area contributed by atoms with Crippen LogP contribution in [0.3, 0.4) is 0 Å². The molecule has 0 aliphatic heterocycles. The highest BCUT2D eigenvalue weighted by Crippen LogP contribution is 2.24. The van der Waals surface area contributed by atoms with E-state index in [2.05, 4.69) is 15.0 Å². The van der Waals surface area contributed by atoms with Gasteiger partial charge in [-0.05, 0) is 30.3 Å². The maximum atomic E-state index is 12.3. The third kappa shape index (κ3) is 5.34. The lowest BCUT2D eigenvalue weighted by molar-refractivity contribution is -0.274. The number of ether oxygens (including phenoxy) is 2. The molecule has 0 spiro atoms. The zero-order chi connectivity index (χ0) is 21.0. The first-order valence-electron chi connectivity index (χ1n) is 8.16. The van der Waals surface area contributed by atoms with Crippen LogP contribution in [-0.4, -0.2) is 29.8 Å². The number of anilines is 1. The highest BCUT2D eigenvalue weighted by Gasteiger charge is 2.31. The fraction of sp³-hybridized carbons (Fsp3) is 0.105. The molecule has 7 nitrogen and oxygen atoms in total. The van der Waals surface area contributed by atoms with Crippen LogP contribution in [-0.2, 0) is 9.53 Å². The smallest absolute Gasteiger partial charge is 0.452 e. The number of fused-ring (bicyclic) bond motifs is 1. The molecule has 2 aromatic carbocycles. The van der Waals surface area contributed by atoms with E-state index < -0.39 is 36.2 Å². The first-order valence-corrected chi connectivity index (χ1v) is 8.16. The second-order valence-corrected chi connectivity index (χ2v) is 5.79. The number of hydrogen-bond acceptors (Lipinski definition) is 5. The van der Waals surface area contributed by atoms with Crippen molar-refractivity contribution in [3.05, 3.63) is 70.5 Å². The lowest BCUT2D eigenvalue weighted by Gasteiger charge is -2.10. The Morgan fingerprint density at radius 2 is 1.72 bits per heavy atom. The third-order valence-corrected chi connectivity index (χ3v) is 3.68. The number of esters is 1. The van der Waals surface area contributed by atoms with Crippen LogP contribution in [0.5, 0.6) is 5.75 Å². The summed E-state index contributed by atoms with van der Waals surface area (Å²) in [4.78, 5) is 38.4. The Morgan fingerprint density at radius 3 is 2.41 bits per heavy atom. The van der Waals surface area contributed by atoms with Gasteiger partial charge in [-0.15, -0.1) is 13.2 Å². The van der Waals surface area contributed by atoms with Gasteiger partial charge >= 0.3 is 12.3 Å². The van der Waals surface area contributed by atoms with Crippen LogP contribution in [0.1, 0.15) is 10.4 Å². The standard InChI is InChI=1S/C19H13F3N2O5/c20-19(21,22)29-12-7-5-11(6-8-12)23-17(26)10-28-18(27)14-9-16(25)24-15-4-2-1-3-13(14)15/h1-9H,10H2,(H,23,26)(H,24,25). The first-order chi connectivity index (χ1) is 13.7. The largest absolute Gasteiger partial charge is 0.573 e. The summed E-state index contributed by atoms with van der Waals surface area (Å²) in [6, 6.07) is 12.1. The Kier molecular flexibility index (Phi) is 5.53. The SMILES string of the molecule is O=C(COC(=O)c1cc(=O)[nH]c2ccccc12)Nc1ccc(OC(F)(F)F)cc1. The van der Waals surface area contributed by atoms with E-state index >= 15 is 0 Å². The number of rotatable bonds is 5. The predicted octanol–water partition coefficient (Wildman–Crippen LogP) is 3.22. The molecule has 0 bridgehead atoms. The molecule has 0 fully saturated rings. The van der Waals surface area contributed by atoms with Gasteiger partial charge in [0.05, 0.1) is 5.56 Å². The Hall–Kier alpha value is -3.82. The molecule has 29 heavy (non-hydrogen) atoms. The minimum atomic E-state index is -4.82. The van der Waals surface area contributed by atoms with Crippen molar-refractivity contribution >= 4 is 28.5 Å². The topological polar surface area (TPSA) is 97.5 Å². The second kappa shape index (κ2) is 8.05. The molecule has 3 aromatic rings. The van der Waals surface area contributed by atoms with E-state index in [1.807, 2.05) is 0 Å². The lowest BCUT2D eigenvalue weighted by atomic mass is 10.1. The number of amides is 1. The van der Waals surface area contributed by atoms with Gasteiger partial charge in [0.1, 0.15) is 5.75 Å². The third-order valence-electron chi connectivity index (χ3n) is 3.68. The molecule has 1 aromatic heterocycles. The maximum Gasteiger partial charge on any atom is 0.573 e. The average Bonchev–Trinajstić information content (AvgIpc) is 2.66. The number of pyridine rings is 1. The molecule has 0 aliphatic rings. The molecule has 3 rings (SSSR count). The maximum absolute atomic E-state index is 12.3. The van der Waals surface area contributed by atoms with Crippen molar-refractivity contribution in [3.8, 4) is 5.75 Å². The Bertz CT molecular complexity index is 1110. The predicted molar refractivity (Wildman–Crippen MR) is 96.6 cm³/mol. The highest BCUT2D eigenvalue weighted by atomic mass is 19.4. The summed E-state index contributed by atoms with van der Waals surface area (Å²) in [5.41, 5.74) is 0.131. The van der Waals surface area contributed by atoms with Crippen LogP contribution in [0.15, 0.2) is 59.4 Å². The van der Waals surface area contributed by atoms with E-state index in [9.17, 15) is 27.6 Å². The van der Waals surface area contributed by atoms with Crippen LogP contribution in [0.2, 0.25) is 0 Å². The molecule has 0 atom stereocenters. The highest BCUT2D eigenvalue weighted by molar-refractivity contribution is 6.04. The summed E-state index contributed by atoms with van der Waals surface area (Å²) < 4.78 is 45.0. The van der Waals surface area contributed by atoms with Gasteiger partial charge in [0, 0.05) is 22.7 Å². The van der Waals surface area contributed by atoms with E-state index in [-0.39, 0.29) is 11.3 Å². The molecule has 1 heterocycles. The molecular formula is C19H13F3N2O5. The second-order valence-electron chi connectivity index (χ2n) is 5.79. The minimum Gasteiger partial charge on any atom is -0.452 e. The van der Waals surface area contributed by atoms with Gasteiger partial charge in [0.2, 0.25) is 5.56 Å². The van der Waals surface area contributed by atoms with E-state index in [0.717, 1.165) is 18.2 Å². The summed E-state index contributed by atoms with van der Waals surface area (Å²) in [7, 11) is 0. The van der Waals surface area contributed by atoms with Crippen LogP contribution in [0.4, 0.5) is 18.9 Å². The molecule has 0 aliphatic carbocycles. The van der Waals surface area contributed by atoms with Crippen molar-refractivity contribution in [1.29, 1.82) is 0 Å². The zero-order valence-corrected chi connectivity index (χ0v) is 14.6. The van der Waals surface area contributed by atoms with E-state index in [0.29, 0.717) is 10.9 Å². The summed E-state index contributed by atoms with van der Waals surface area (Å²) >= 11 is 0. The number of halogens is 3. The number of hydrogen-bond donors (Lipinski definition) is 2. The van der Waals surface area contributed by atoms with Gasteiger partial charge in [0.15, 0.2) is 6.61 Å². The number of para-hydroxylation sites is 1. The number of carbonyl (C=O) groups excluding carboxylic acids is 2. The Labute approximate surface area is 161 Å². The fourth-order valence-electron chi connectivity index (χ4n) is 2.52. The number of alkyl halides is 3. The summed E-state index contributed by atoms with van der Waals surface area (Å²) in [5.74, 6) is -2.02. The monoisotopic (exact) mass is 406 g/mol. The zero-order valence-electron chi connectivity index (χ0n) is 14.6. The number of aromatic nitrogens is 1. The summed E-state index contributed by atoms with van der Waals surface area (Å²) in [6.45, 7) is -0.652. The van der Waals surface area contributed by atoms with Gasteiger partial charge in [-0.2, -0.15) is 0 Å². The molecular weight excluding hydrogens is 393 g/mol. The van der Waals surface area contributed by atoms with Crippen LogP contribution < -0.4 is 15.6 Å². The molecule has 2 N–H and O–H groups in total. The number of nitrogens with one attached hydrogen (secondary N) is 2. The van der Waals surface area contributed by atoms with Crippen molar-refractivity contribution < 1.29 is 32.2 Å². The number of carbonyl (C=O) groups is 2. The quantitative estimate of drug-likeness (QED) is 0.634. The molecule has 1 amide bonds. The van der Waals surface area contributed by atoms with Crippen molar-refractivity contribution in [2.45, 2.75) is 6.36 Å². The van der Waals surface area contributed by atoms with Gasteiger partial charge in [0.25, 0.3) is 5.91 Å². The van der Waals surface area contributed by atoms with Gasteiger partial charge in [-0.25, -0.2) is 4.79 Å². The average molecular weight is 406 g/mol. The number of H-pyrrole nitrogens is 1. The van der Waals surface area contributed by atoms with Crippen molar-refractivity contribution in [1.82, 2.24) is 4.98 Å². The number of aromatic amines is 1. The minimum absolute atomic E-state index is 0.00537. The van der Waals surface area contributed by atoms with Crippen molar-refractivity contribution in [3.63, 3.8) is 0 Å². The Morgan fingerprint density at radius 1 is 1.03 bits per heavy atom. The first kappa shape index (κ1) is 19.9. The fourth-order valence-corrected chi connectivity index (χ4v) is 2.52. The molecule has 150 valence electrons. The van der Waals surface area contributed by atoms with Crippen molar-refractivity contribution in [2.75, 3.05) is 11.9 Å². The molecule has 10 heteroatoms. The van der Waals surface area contributed by atoms with Crippen LogP contribution >= 0.6 is 0 Å². The number of benzene rings is 2. The van der Waals surface area contributed by atoms with E-state index in [1.165, 1.54) is 12.1 Å².